The predicted molar refractivity (Wildman–Crippen MR) is 82.3 cm³/mol. The van der Waals surface area contributed by atoms with Gasteiger partial charge in [-0.2, -0.15) is 0 Å². The van der Waals surface area contributed by atoms with E-state index >= 15 is 0 Å². The third-order valence-corrected chi connectivity index (χ3v) is 2.89. The number of aromatic nitrogens is 2. The number of methoxy groups -OCH3 is 1. The van der Waals surface area contributed by atoms with Crippen molar-refractivity contribution in [1.82, 2.24) is 20.2 Å². The lowest BCUT2D eigenvalue weighted by atomic mass is 10.2. The Hall–Kier alpha value is -2.02. The van der Waals surface area contributed by atoms with Crippen molar-refractivity contribution >= 4 is 11.8 Å². The normalized spacial score (nSPS) is 10.5. The van der Waals surface area contributed by atoms with Crippen molar-refractivity contribution < 1.29 is 14.3 Å². The number of rotatable bonds is 9. The summed E-state index contributed by atoms with van der Waals surface area (Å²) in [6.45, 7) is 5.91. The molecule has 0 radical (unpaired) electrons. The van der Waals surface area contributed by atoms with Gasteiger partial charge in [0.05, 0.1) is 12.8 Å². The second-order valence-corrected chi connectivity index (χ2v) is 5.33. The van der Waals surface area contributed by atoms with Crippen LogP contribution >= 0.6 is 0 Å². The first kappa shape index (κ1) is 18.0. The van der Waals surface area contributed by atoms with Gasteiger partial charge in [0.1, 0.15) is 5.69 Å². The number of amides is 2. The minimum Gasteiger partial charge on any atom is -0.383 e. The molecule has 1 rings (SSSR count). The lowest BCUT2D eigenvalue weighted by Crippen LogP contribution is -2.38. The Balaban J connectivity index is 2.57. The van der Waals surface area contributed by atoms with Crippen LogP contribution in [0.25, 0.3) is 0 Å². The molecule has 0 spiro atoms. The van der Waals surface area contributed by atoms with Gasteiger partial charge < -0.3 is 15.0 Å². The van der Waals surface area contributed by atoms with Crippen molar-refractivity contribution in [3.63, 3.8) is 0 Å². The van der Waals surface area contributed by atoms with Crippen molar-refractivity contribution in [1.29, 1.82) is 0 Å². The van der Waals surface area contributed by atoms with E-state index in [9.17, 15) is 9.59 Å². The van der Waals surface area contributed by atoms with Gasteiger partial charge in [-0.25, -0.2) is 4.98 Å². The average Bonchev–Trinajstić information content (AvgIpc) is 2.51. The molecule has 0 aromatic carbocycles. The van der Waals surface area contributed by atoms with Crippen molar-refractivity contribution in [2.45, 2.75) is 20.3 Å². The summed E-state index contributed by atoms with van der Waals surface area (Å²) in [5, 5.41) is 2.74. The molecular formula is C15H24N4O3. The molecule has 0 bridgehead atoms. The highest BCUT2D eigenvalue weighted by molar-refractivity contribution is 5.92. The molecule has 1 heterocycles. The fourth-order valence-corrected chi connectivity index (χ4v) is 1.91. The minimum atomic E-state index is -0.202. The van der Waals surface area contributed by atoms with Gasteiger partial charge in [0.2, 0.25) is 5.91 Å². The minimum absolute atomic E-state index is 0.0993. The van der Waals surface area contributed by atoms with Gasteiger partial charge in [0, 0.05) is 45.6 Å². The molecule has 122 valence electrons. The van der Waals surface area contributed by atoms with Gasteiger partial charge in [-0.15, -0.1) is 0 Å². The Kier molecular flexibility index (Phi) is 8.06. The molecule has 0 aliphatic rings. The summed E-state index contributed by atoms with van der Waals surface area (Å²) >= 11 is 0. The van der Waals surface area contributed by atoms with E-state index in [2.05, 4.69) is 15.3 Å². The number of nitrogens with one attached hydrogen (secondary N) is 1. The highest BCUT2D eigenvalue weighted by Crippen LogP contribution is 2.05. The van der Waals surface area contributed by atoms with Crippen molar-refractivity contribution in [2.24, 2.45) is 5.92 Å². The van der Waals surface area contributed by atoms with Crippen LogP contribution in [0, 0.1) is 5.92 Å². The van der Waals surface area contributed by atoms with Gasteiger partial charge >= 0.3 is 0 Å². The van der Waals surface area contributed by atoms with E-state index in [-0.39, 0.29) is 18.2 Å². The Labute approximate surface area is 131 Å². The number of ether oxygens (including phenoxy) is 1. The molecule has 0 aliphatic heterocycles. The molecule has 0 atom stereocenters. The summed E-state index contributed by atoms with van der Waals surface area (Å²) in [5.41, 5.74) is 0.294. The van der Waals surface area contributed by atoms with Crippen LogP contribution in [0.1, 0.15) is 30.8 Å². The third kappa shape index (κ3) is 6.62. The predicted octanol–water partition coefficient (Wildman–Crippen LogP) is 0.728. The summed E-state index contributed by atoms with van der Waals surface area (Å²) in [5.74, 6) is 0.00131. The van der Waals surface area contributed by atoms with E-state index in [1.165, 1.54) is 18.6 Å². The van der Waals surface area contributed by atoms with Gasteiger partial charge in [-0.1, -0.05) is 13.8 Å². The van der Waals surface area contributed by atoms with Crippen LogP contribution in [0.2, 0.25) is 0 Å². The summed E-state index contributed by atoms with van der Waals surface area (Å²) < 4.78 is 4.87. The van der Waals surface area contributed by atoms with Crippen molar-refractivity contribution in [3.05, 3.63) is 24.3 Å². The Bertz CT molecular complexity index is 465. The first-order valence-electron chi connectivity index (χ1n) is 7.35. The van der Waals surface area contributed by atoms with Crippen LogP contribution in [-0.4, -0.2) is 60.0 Å². The summed E-state index contributed by atoms with van der Waals surface area (Å²) in [6, 6.07) is 0. The quantitative estimate of drug-likeness (QED) is 0.680. The highest BCUT2D eigenvalue weighted by Gasteiger charge is 2.19. The maximum absolute atomic E-state index is 12.4. The highest BCUT2D eigenvalue weighted by atomic mass is 16.5. The maximum Gasteiger partial charge on any atom is 0.274 e. The zero-order valence-electron chi connectivity index (χ0n) is 13.4. The second-order valence-electron chi connectivity index (χ2n) is 5.33. The summed E-state index contributed by atoms with van der Waals surface area (Å²) in [4.78, 5) is 33.7. The largest absolute Gasteiger partial charge is 0.383 e. The number of carbonyl (C=O) groups excluding carboxylic acids is 2. The first-order chi connectivity index (χ1) is 10.5. The first-order valence-corrected chi connectivity index (χ1v) is 7.35. The van der Waals surface area contributed by atoms with E-state index in [0.717, 1.165) is 0 Å². The molecule has 0 fully saturated rings. The van der Waals surface area contributed by atoms with Gasteiger partial charge in [0.15, 0.2) is 0 Å². The summed E-state index contributed by atoms with van der Waals surface area (Å²) in [7, 11) is 1.58. The van der Waals surface area contributed by atoms with Crippen molar-refractivity contribution in [3.8, 4) is 0 Å². The summed E-state index contributed by atoms with van der Waals surface area (Å²) in [6.07, 6.45) is 4.70. The van der Waals surface area contributed by atoms with Crippen LogP contribution in [0.15, 0.2) is 18.6 Å². The molecule has 7 heteroatoms. The van der Waals surface area contributed by atoms with Gasteiger partial charge in [-0.3, -0.25) is 14.6 Å². The molecule has 0 unspecified atom stereocenters. The van der Waals surface area contributed by atoms with E-state index in [0.29, 0.717) is 37.9 Å². The van der Waals surface area contributed by atoms with E-state index in [1.807, 2.05) is 13.8 Å². The van der Waals surface area contributed by atoms with Crippen LogP contribution < -0.4 is 5.32 Å². The molecule has 1 N–H and O–H groups in total. The molecule has 22 heavy (non-hydrogen) atoms. The Morgan fingerprint density at radius 1 is 1.36 bits per heavy atom. The zero-order chi connectivity index (χ0) is 16.4. The lowest BCUT2D eigenvalue weighted by Gasteiger charge is -2.24. The number of nitrogens with zero attached hydrogens (tertiary/aromatic N) is 3. The fourth-order valence-electron chi connectivity index (χ4n) is 1.91. The SMILES string of the molecule is COCCNC(=O)CCN(CC(C)C)C(=O)c1cnccn1. The average molecular weight is 308 g/mol. The van der Waals surface area contributed by atoms with Crippen LogP contribution in [0.4, 0.5) is 0 Å². The standard InChI is InChI=1S/C15H24N4O3/c1-12(2)11-19(8-4-14(20)18-7-9-22-3)15(21)13-10-16-5-6-17-13/h5-6,10,12H,4,7-9,11H2,1-3H3,(H,18,20). The Morgan fingerprint density at radius 2 is 2.14 bits per heavy atom. The monoisotopic (exact) mass is 308 g/mol. The molecular weight excluding hydrogens is 284 g/mol. The van der Waals surface area contributed by atoms with Gasteiger partial charge in [0.25, 0.3) is 5.91 Å². The van der Waals surface area contributed by atoms with Gasteiger partial charge in [-0.05, 0) is 5.92 Å². The maximum atomic E-state index is 12.4. The molecule has 0 saturated carbocycles. The van der Waals surface area contributed by atoms with E-state index < -0.39 is 0 Å². The number of hydrogen-bond acceptors (Lipinski definition) is 5. The lowest BCUT2D eigenvalue weighted by molar-refractivity contribution is -0.121. The third-order valence-electron chi connectivity index (χ3n) is 2.89. The van der Waals surface area contributed by atoms with Crippen LogP contribution in [-0.2, 0) is 9.53 Å². The molecule has 2 amide bonds. The molecule has 1 aromatic rings. The topological polar surface area (TPSA) is 84.4 Å². The zero-order valence-corrected chi connectivity index (χ0v) is 13.4. The second kappa shape index (κ2) is 9.83. The van der Waals surface area contributed by atoms with Crippen molar-refractivity contribution in [2.75, 3.05) is 33.4 Å². The van der Waals surface area contributed by atoms with E-state index in [1.54, 1.807) is 12.0 Å². The molecule has 7 nitrogen and oxygen atoms in total. The number of carbonyl (C=O) groups is 2. The molecule has 0 saturated heterocycles. The van der Waals surface area contributed by atoms with Crippen LogP contribution in [0.3, 0.4) is 0 Å². The molecule has 0 aliphatic carbocycles. The van der Waals surface area contributed by atoms with Crippen LogP contribution in [0.5, 0.6) is 0 Å². The fraction of sp³-hybridized carbons (Fsp3) is 0.600. The Morgan fingerprint density at radius 3 is 2.73 bits per heavy atom. The smallest absolute Gasteiger partial charge is 0.274 e. The van der Waals surface area contributed by atoms with E-state index in [4.69, 9.17) is 4.74 Å². The molecule has 1 aromatic heterocycles. The number of hydrogen-bond donors (Lipinski definition) is 1.